The van der Waals surface area contributed by atoms with Crippen LogP contribution in [0.1, 0.15) is 16.7 Å². The molecule has 0 aliphatic rings. The van der Waals surface area contributed by atoms with Crippen LogP contribution in [0, 0.1) is 12.7 Å². The fraction of sp³-hybridized carbons (Fsp3) is 0.200. The average molecular weight is 299 g/mol. The van der Waals surface area contributed by atoms with Crippen molar-refractivity contribution in [2.24, 2.45) is 0 Å². The van der Waals surface area contributed by atoms with Crippen molar-refractivity contribution in [1.82, 2.24) is 0 Å². The molecule has 0 spiro atoms. The lowest BCUT2D eigenvalue weighted by Crippen LogP contribution is -1.95. The monoisotopic (exact) mass is 298 g/mol. The van der Waals surface area contributed by atoms with Crippen LogP contribution in [0.4, 0.5) is 4.39 Å². The van der Waals surface area contributed by atoms with Gasteiger partial charge in [0.1, 0.15) is 5.82 Å². The van der Waals surface area contributed by atoms with Crippen molar-refractivity contribution in [3.05, 3.63) is 69.0 Å². The molecule has 0 aromatic heterocycles. The highest BCUT2D eigenvalue weighted by Crippen LogP contribution is 2.20. The summed E-state index contributed by atoms with van der Waals surface area (Å²) in [7, 11) is 0. The normalized spacial score (nSPS) is 10.7. The minimum absolute atomic E-state index is 0.216. The fourth-order valence-corrected chi connectivity index (χ4v) is 2.28. The van der Waals surface area contributed by atoms with E-state index in [1.807, 2.05) is 6.07 Å². The van der Waals surface area contributed by atoms with Crippen LogP contribution in [0.25, 0.3) is 0 Å². The second-order valence-electron chi connectivity index (χ2n) is 4.35. The maximum atomic E-state index is 13.3. The highest BCUT2D eigenvalue weighted by atomic mass is 35.5. The summed E-state index contributed by atoms with van der Waals surface area (Å²) in [6.07, 6.45) is 0. The van der Waals surface area contributed by atoms with E-state index in [1.165, 1.54) is 6.07 Å². The summed E-state index contributed by atoms with van der Waals surface area (Å²) in [4.78, 5) is 0. The van der Waals surface area contributed by atoms with Gasteiger partial charge in [0.2, 0.25) is 0 Å². The number of halogens is 3. The predicted molar refractivity (Wildman–Crippen MR) is 76.1 cm³/mol. The molecule has 0 aliphatic carbocycles. The van der Waals surface area contributed by atoms with E-state index in [0.29, 0.717) is 28.8 Å². The van der Waals surface area contributed by atoms with Gasteiger partial charge in [-0.15, -0.1) is 0 Å². The third kappa shape index (κ3) is 4.20. The predicted octanol–water partition coefficient (Wildman–Crippen LogP) is 5.16. The lowest BCUT2D eigenvalue weighted by molar-refractivity contribution is 0.107. The molecule has 2 rings (SSSR count). The minimum atomic E-state index is -0.216. The first kappa shape index (κ1) is 14.3. The smallest absolute Gasteiger partial charge is 0.126 e. The maximum absolute atomic E-state index is 13.3. The van der Waals surface area contributed by atoms with Crippen LogP contribution >= 0.6 is 23.2 Å². The van der Waals surface area contributed by atoms with E-state index in [0.717, 1.165) is 11.1 Å². The first-order chi connectivity index (χ1) is 9.04. The molecule has 0 bridgehead atoms. The minimum Gasteiger partial charge on any atom is -0.372 e. The Bertz CT molecular complexity index is 564. The van der Waals surface area contributed by atoms with Gasteiger partial charge in [-0.25, -0.2) is 4.39 Å². The molecular weight excluding hydrogens is 286 g/mol. The summed E-state index contributed by atoms with van der Waals surface area (Å²) >= 11 is 11.8. The largest absolute Gasteiger partial charge is 0.372 e. The molecule has 2 aromatic rings. The SMILES string of the molecule is Cc1ccc(COCc2cc(Cl)cc(Cl)c2)cc1F. The van der Waals surface area contributed by atoms with Crippen molar-refractivity contribution in [3.8, 4) is 0 Å². The van der Waals surface area contributed by atoms with Crippen molar-refractivity contribution in [2.75, 3.05) is 0 Å². The molecule has 4 heteroatoms. The van der Waals surface area contributed by atoms with Crippen LogP contribution in [0.15, 0.2) is 36.4 Å². The van der Waals surface area contributed by atoms with Crippen molar-refractivity contribution < 1.29 is 9.13 Å². The molecule has 19 heavy (non-hydrogen) atoms. The standard InChI is InChI=1S/C15H13Cl2FO/c1-10-2-3-11(6-15(10)18)8-19-9-12-4-13(16)7-14(17)5-12/h2-7H,8-9H2,1H3. The Hall–Kier alpha value is -1.09. The lowest BCUT2D eigenvalue weighted by Gasteiger charge is -2.06. The molecule has 0 unspecified atom stereocenters. The highest BCUT2D eigenvalue weighted by Gasteiger charge is 2.02. The molecule has 0 radical (unpaired) electrons. The van der Waals surface area contributed by atoms with E-state index in [-0.39, 0.29) is 5.82 Å². The molecule has 0 fully saturated rings. The molecule has 1 nitrogen and oxygen atoms in total. The Labute approximate surface area is 121 Å². The molecule has 100 valence electrons. The Morgan fingerprint density at radius 3 is 2.21 bits per heavy atom. The highest BCUT2D eigenvalue weighted by molar-refractivity contribution is 6.34. The number of ether oxygens (including phenoxy) is 1. The first-order valence-corrected chi connectivity index (χ1v) is 6.58. The molecule has 0 atom stereocenters. The number of hydrogen-bond donors (Lipinski definition) is 0. The Morgan fingerprint density at radius 1 is 0.947 bits per heavy atom. The quantitative estimate of drug-likeness (QED) is 0.758. The van der Waals surface area contributed by atoms with Gasteiger partial charge in [-0.05, 0) is 47.9 Å². The van der Waals surface area contributed by atoms with E-state index < -0.39 is 0 Å². The van der Waals surface area contributed by atoms with Gasteiger partial charge < -0.3 is 4.74 Å². The third-order valence-electron chi connectivity index (χ3n) is 2.70. The van der Waals surface area contributed by atoms with E-state index in [1.54, 1.807) is 31.2 Å². The molecule has 0 aliphatic heterocycles. The lowest BCUT2D eigenvalue weighted by atomic mass is 10.1. The molecule has 0 N–H and O–H groups in total. The average Bonchev–Trinajstić information content (AvgIpc) is 2.32. The van der Waals surface area contributed by atoms with Gasteiger partial charge in [-0.1, -0.05) is 35.3 Å². The fourth-order valence-electron chi connectivity index (χ4n) is 1.71. The summed E-state index contributed by atoms with van der Waals surface area (Å²) in [5, 5.41) is 1.15. The van der Waals surface area contributed by atoms with Gasteiger partial charge in [0, 0.05) is 10.0 Å². The van der Waals surface area contributed by atoms with Crippen LogP contribution in [-0.4, -0.2) is 0 Å². The number of rotatable bonds is 4. The van der Waals surface area contributed by atoms with Crippen molar-refractivity contribution in [1.29, 1.82) is 0 Å². The second kappa shape index (κ2) is 6.38. The van der Waals surface area contributed by atoms with Gasteiger partial charge >= 0.3 is 0 Å². The van der Waals surface area contributed by atoms with Crippen LogP contribution in [0.2, 0.25) is 10.0 Å². The van der Waals surface area contributed by atoms with Crippen molar-refractivity contribution >= 4 is 23.2 Å². The molecule has 0 saturated heterocycles. The van der Waals surface area contributed by atoms with E-state index in [4.69, 9.17) is 27.9 Å². The number of benzene rings is 2. The van der Waals surface area contributed by atoms with Crippen LogP contribution in [-0.2, 0) is 18.0 Å². The summed E-state index contributed by atoms with van der Waals surface area (Å²) < 4.78 is 18.9. The summed E-state index contributed by atoms with van der Waals surface area (Å²) in [5.74, 6) is -0.216. The zero-order valence-electron chi connectivity index (χ0n) is 10.4. The van der Waals surface area contributed by atoms with Gasteiger partial charge in [0.05, 0.1) is 13.2 Å². The van der Waals surface area contributed by atoms with Crippen LogP contribution in [0.5, 0.6) is 0 Å². The van der Waals surface area contributed by atoms with E-state index >= 15 is 0 Å². The van der Waals surface area contributed by atoms with Crippen LogP contribution < -0.4 is 0 Å². The first-order valence-electron chi connectivity index (χ1n) is 5.82. The number of aryl methyl sites for hydroxylation is 1. The zero-order chi connectivity index (χ0) is 13.8. The molecule has 0 heterocycles. The number of hydrogen-bond acceptors (Lipinski definition) is 1. The van der Waals surface area contributed by atoms with Crippen molar-refractivity contribution in [2.45, 2.75) is 20.1 Å². The summed E-state index contributed by atoms with van der Waals surface area (Å²) in [5.41, 5.74) is 2.33. The van der Waals surface area contributed by atoms with Gasteiger partial charge in [-0.2, -0.15) is 0 Å². The Kier molecular flexibility index (Phi) is 4.81. The Morgan fingerprint density at radius 2 is 1.58 bits per heavy atom. The zero-order valence-corrected chi connectivity index (χ0v) is 11.9. The molecule has 0 saturated carbocycles. The van der Waals surface area contributed by atoms with Crippen LogP contribution in [0.3, 0.4) is 0 Å². The third-order valence-corrected chi connectivity index (χ3v) is 3.13. The second-order valence-corrected chi connectivity index (χ2v) is 5.23. The summed E-state index contributed by atoms with van der Waals surface area (Å²) in [6, 6.07) is 10.3. The maximum Gasteiger partial charge on any atom is 0.126 e. The van der Waals surface area contributed by atoms with Gasteiger partial charge in [0.15, 0.2) is 0 Å². The van der Waals surface area contributed by atoms with Gasteiger partial charge in [-0.3, -0.25) is 0 Å². The van der Waals surface area contributed by atoms with E-state index in [9.17, 15) is 4.39 Å². The van der Waals surface area contributed by atoms with Gasteiger partial charge in [0.25, 0.3) is 0 Å². The van der Waals surface area contributed by atoms with E-state index in [2.05, 4.69) is 0 Å². The molecule has 2 aromatic carbocycles. The van der Waals surface area contributed by atoms with Crippen molar-refractivity contribution in [3.63, 3.8) is 0 Å². The summed E-state index contributed by atoms with van der Waals surface area (Å²) in [6.45, 7) is 2.46. The Balaban J connectivity index is 1.94. The molecular formula is C15H13Cl2FO. The topological polar surface area (TPSA) is 9.23 Å². The molecule has 0 amide bonds.